The monoisotopic (exact) mass is 435 g/mol. The molecule has 3 rings (SSSR count). The van der Waals surface area contributed by atoms with Crippen LogP contribution in [0.1, 0.15) is 58.9 Å². The molecule has 1 amide bonds. The van der Waals surface area contributed by atoms with Crippen LogP contribution in [-0.2, 0) is 11.2 Å². The molecular weight excluding hydrogens is 394 g/mol. The molecule has 1 saturated heterocycles. The zero-order valence-corrected chi connectivity index (χ0v) is 20.5. The first kappa shape index (κ1) is 24.3. The van der Waals surface area contributed by atoms with Gasteiger partial charge in [0.1, 0.15) is 0 Å². The van der Waals surface area contributed by atoms with Crippen LogP contribution in [0.15, 0.2) is 60.8 Å². The number of amides is 1. The lowest BCUT2D eigenvalue weighted by molar-refractivity contribution is -0.119. The maximum Gasteiger partial charge on any atom is 0.227 e. The van der Waals surface area contributed by atoms with Crippen molar-refractivity contribution in [2.45, 2.75) is 71.4 Å². The van der Waals surface area contributed by atoms with Gasteiger partial charge in [-0.15, -0.1) is 0 Å². The minimum atomic E-state index is 0.0291. The Bertz CT molecular complexity index is 846. The summed E-state index contributed by atoms with van der Waals surface area (Å²) in [5.74, 6) is 0.286. The SMILES string of the molecule is C=C/C=C\C(=C/C)N1CCN(C(C)(C)CC(CC)N2C(=O)CCCc3ccccc32)CC1. The van der Waals surface area contributed by atoms with Crippen molar-refractivity contribution in [3.63, 3.8) is 0 Å². The van der Waals surface area contributed by atoms with Crippen LogP contribution in [0.2, 0.25) is 0 Å². The largest absolute Gasteiger partial charge is 0.369 e. The van der Waals surface area contributed by atoms with Gasteiger partial charge in [0.2, 0.25) is 5.91 Å². The molecule has 0 radical (unpaired) electrons. The van der Waals surface area contributed by atoms with E-state index in [0.29, 0.717) is 6.42 Å². The normalized spacial score (nSPS) is 19.8. The Labute approximate surface area is 195 Å². The summed E-state index contributed by atoms with van der Waals surface area (Å²) in [6.07, 6.45) is 12.7. The van der Waals surface area contributed by atoms with E-state index in [2.05, 4.69) is 85.4 Å². The number of carbonyl (C=O) groups excluding carboxylic acids is 1. The molecule has 1 unspecified atom stereocenters. The molecule has 0 bridgehead atoms. The molecule has 174 valence electrons. The van der Waals surface area contributed by atoms with Crippen LogP contribution in [0.5, 0.6) is 0 Å². The Balaban J connectivity index is 1.72. The van der Waals surface area contributed by atoms with E-state index >= 15 is 0 Å². The highest BCUT2D eigenvalue weighted by Crippen LogP contribution is 2.33. The molecule has 1 atom stereocenters. The highest BCUT2D eigenvalue weighted by Gasteiger charge is 2.36. The van der Waals surface area contributed by atoms with Gasteiger partial charge in [-0.2, -0.15) is 0 Å². The van der Waals surface area contributed by atoms with Gasteiger partial charge in [-0.3, -0.25) is 9.69 Å². The van der Waals surface area contributed by atoms with Crippen molar-refractivity contribution in [3.8, 4) is 0 Å². The van der Waals surface area contributed by atoms with Crippen LogP contribution in [0.3, 0.4) is 0 Å². The van der Waals surface area contributed by atoms with Crippen molar-refractivity contribution >= 4 is 11.6 Å². The lowest BCUT2D eigenvalue weighted by atomic mass is 9.89. The number of aryl methyl sites for hydroxylation is 1. The molecule has 0 aromatic heterocycles. The summed E-state index contributed by atoms with van der Waals surface area (Å²) in [6.45, 7) is 16.9. The molecule has 2 aliphatic heterocycles. The second-order valence-corrected chi connectivity index (χ2v) is 9.61. The summed E-state index contributed by atoms with van der Waals surface area (Å²) >= 11 is 0. The highest BCUT2D eigenvalue weighted by molar-refractivity contribution is 5.95. The second-order valence-electron chi connectivity index (χ2n) is 9.61. The number of nitrogens with zero attached hydrogens (tertiary/aromatic N) is 3. The molecule has 1 aromatic rings. The summed E-state index contributed by atoms with van der Waals surface area (Å²) < 4.78 is 0. The van der Waals surface area contributed by atoms with Gasteiger partial charge in [-0.05, 0) is 64.2 Å². The average Bonchev–Trinajstić information content (AvgIpc) is 2.96. The number of hydrogen-bond donors (Lipinski definition) is 0. The molecule has 32 heavy (non-hydrogen) atoms. The molecular formula is C28H41N3O. The second kappa shape index (κ2) is 11.0. The number of allylic oxidation sites excluding steroid dienone is 4. The van der Waals surface area contributed by atoms with Crippen molar-refractivity contribution in [2.24, 2.45) is 0 Å². The fourth-order valence-electron chi connectivity index (χ4n) is 5.29. The summed E-state index contributed by atoms with van der Waals surface area (Å²) in [5.41, 5.74) is 3.74. The number of carbonyl (C=O) groups is 1. The van der Waals surface area contributed by atoms with E-state index in [1.165, 1.54) is 11.3 Å². The van der Waals surface area contributed by atoms with Crippen molar-refractivity contribution < 1.29 is 4.79 Å². The van der Waals surface area contributed by atoms with Gasteiger partial charge in [-0.25, -0.2) is 0 Å². The number of fused-ring (bicyclic) bond motifs is 1. The lowest BCUT2D eigenvalue weighted by Gasteiger charge is -2.47. The van der Waals surface area contributed by atoms with E-state index in [9.17, 15) is 4.79 Å². The van der Waals surface area contributed by atoms with Crippen LogP contribution >= 0.6 is 0 Å². The molecule has 0 spiro atoms. The maximum atomic E-state index is 13.2. The van der Waals surface area contributed by atoms with Gasteiger partial charge < -0.3 is 9.80 Å². The molecule has 1 aromatic carbocycles. The third-order valence-electron chi connectivity index (χ3n) is 7.13. The first-order valence-electron chi connectivity index (χ1n) is 12.3. The standard InChI is InChI=1S/C28H41N3O/c1-6-9-15-24(7-2)29-18-20-30(21-19-29)28(4,5)22-25(8-3)31-26-16-11-10-13-23(26)14-12-17-27(31)32/h6-7,9-11,13,15-16,25H,1,8,12,14,17-22H2,2-5H3/b15-9-,24-7+. The van der Waals surface area contributed by atoms with E-state index in [-0.39, 0.29) is 17.5 Å². The zero-order valence-electron chi connectivity index (χ0n) is 20.5. The lowest BCUT2D eigenvalue weighted by Crippen LogP contribution is -2.56. The Morgan fingerprint density at radius 3 is 2.53 bits per heavy atom. The number of benzene rings is 1. The van der Waals surface area contributed by atoms with Crippen molar-refractivity contribution in [1.29, 1.82) is 0 Å². The van der Waals surface area contributed by atoms with Gasteiger partial charge >= 0.3 is 0 Å². The van der Waals surface area contributed by atoms with E-state index in [4.69, 9.17) is 0 Å². The minimum absolute atomic E-state index is 0.0291. The Kier molecular flexibility index (Phi) is 8.36. The average molecular weight is 436 g/mol. The summed E-state index contributed by atoms with van der Waals surface area (Å²) in [6, 6.07) is 8.72. The smallest absolute Gasteiger partial charge is 0.227 e. The summed E-state index contributed by atoms with van der Waals surface area (Å²) in [7, 11) is 0. The van der Waals surface area contributed by atoms with Crippen molar-refractivity contribution in [2.75, 3.05) is 31.1 Å². The Morgan fingerprint density at radius 2 is 1.88 bits per heavy atom. The van der Waals surface area contributed by atoms with Crippen LogP contribution in [-0.4, -0.2) is 53.5 Å². The van der Waals surface area contributed by atoms with Crippen LogP contribution in [0.4, 0.5) is 5.69 Å². The van der Waals surface area contributed by atoms with Gasteiger partial charge in [0, 0.05) is 55.6 Å². The van der Waals surface area contributed by atoms with E-state index < -0.39 is 0 Å². The summed E-state index contributed by atoms with van der Waals surface area (Å²) in [5, 5.41) is 0. The van der Waals surface area contributed by atoms with Crippen molar-refractivity contribution in [1.82, 2.24) is 9.80 Å². The van der Waals surface area contributed by atoms with Gasteiger partial charge in [-0.1, -0.05) is 49.9 Å². The zero-order chi connectivity index (χ0) is 23.1. The molecule has 1 fully saturated rings. The number of hydrogen-bond acceptors (Lipinski definition) is 3. The predicted molar refractivity (Wildman–Crippen MR) is 136 cm³/mol. The molecule has 2 aliphatic rings. The van der Waals surface area contributed by atoms with Crippen LogP contribution in [0.25, 0.3) is 0 Å². The van der Waals surface area contributed by atoms with Gasteiger partial charge in [0.15, 0.2) is 0 Å². The van der Waals surface area contributed by atoms with Crippen molar-refractivity contribution in [3.05, 3.63) is 66.4 Å². The molecule has 0 saturated carbocycles. The molecule has 0 aliphatic carbocycles. The third kappa shape index (κ3) is 5.53. The Morgan fingerprint density at radius 1 is 1.16 bits per heavy atom. The quantitative estimate of drug-likeness (QED) is 0.500. The first-order valence-corrected chi connectivity index (χ1v) is 12.3. The fraction of sp³-hybridized carbons (Fsp3) is 0.536. The molecule has 4 heteroatoms. The van der Waals surface area contributed by atoms with E-state index in [0.717, 1.165) is 57.5 Å². The summed E-state index contributed by atoms with van der Waals surface area (Å²) in [4.78, 5) is 20.4. The maximum absolute atomic E-state index is 13.2. The molecule has 2 heterocycles. The number of rotatable bonds is 8. The third-order valence-corrected chi connectivity index (χ3v) is 7.13. The van der Waals surface area contributed by atoms with E-state index in [1.54, 1.807) is 0 Å². The number of piperazine rings is 1. The molecule has 4 nitrogen and oxygen atoms in total. The number of para-hydroxylation sites is 1. The van der Waals surface area contributed by atoms with Gasteiger partial charge in [0.25, 0.3) is 0 Å². The van der Waals surface area contributed by atoms with E-state index in [1.807, 2.05) is 12.2 Å². The highest BCUT2D eigenvalue weighted by atomic mass is 16.2. The minimum Gasteiger partial charge on any atom is -0.369 e. The number of anilines is 1. The Hall–Kier alpha value is -2.33. The molecule has 0 N–H and O–H groups in total. The predicted octanol–water partition coefficient (Wildman–Crippen LogP) is 5.57. The fourth-order valence-corrected chi connectivity index (χ4v) is 5.29. The van der Waals surface area contributed by atoms with Gasteiger partial charge in [0.05, 0.1) is 0 Å². The van der Waals surface area contributed by atoms with Crippen LogP contribution < -0.4 is 4.90 Å². The topological polar surface area (TPSA) is 26.8 Å². The first-order chi connectivity index (χ1) is 15.4. The van der Waals surface area contributed by atoms with Crippen LogP contribution in [0, 0.1) is 0 Å².